The lowest BCUT2D eigenvalue weighted by Crippen LogP contribution is -2.45. The molecule has 0 atom stereocenters. The van der Waals surface area contributed by atoms with Crippen LogP contribution in [-0.2, 0) is 4.74 Å². The number of hydrogen-bond acceptors (Lipinski definition) is 3. The Kier molecular flexibility index (Phi) is 7.68. The molecule has 1 aromatic carbocycles. The maximum absolute atomic E-state index is 6.21. The number of morpholine rings is 1. The van der Waals surface area contributed by atoms with Crippen molar-refractivity contribution in [1.82, 2.24) is 4.90 Å². The van der Waals surface area contributed by atoms with Crippen LogP contribution in [0.4, 0.5) is 0 Å². The Morgan fingerprint density at radius 1 is 1.21 bits per heavy atom. The molecule has 2 N–H and O–H groups in total. The molecule has 0 amide bonds. The molecule has 2 aliphatic rings. The van der Waals surface area contributed by atoms with Crippen LogP contribution in [-0.4, -0.2) is 48.5 Å². The van der Waals surface area contributed by atoms with Crippen LogP contribution in [0.25, 0.3) is 0 Å². The fourth-order valence-corrected chi connectivity index (χ4v) is 4.68. The summed E-state index contributed by atoms with van der Waals surface area (Å²) in [5.41, 5.74) is 7.52. The highest BCUT2D eigenvalue weighted by Crippen LogP contribution is 2.45. The quantitative estimate of drug-likeness (QED) is 0.423. The van der Waals surface area contributed by atoms with Gasteiger partial charge in [-0.2, -0.15) is 0 Å². The van der Waals surface area contributed by atoms with Gasteiger partial charge in [0.15, 0.2) is 5.96 Å². The third-order valence-corrected chi connectivity index (χ3v) is 6.21. The molecule has 1 heterocycles. The molecule has 0 spiro atoms. The van der Waals surface area contributed by atoms with E-state index >= 15 is 0 Å². The summed E-state index contributed by atoms with van der Waals surface area (Å²) in [7, 11) is 0. The maximum Gasteiger partial charge on any atom is 0.191 e. The Bertz CT molecular complexity index is 538. The number of nitrogens with two attached hydrogens (primary N) is 1. The van der Waals surface area contributed by atoms with Gasteiger partial charge < -0.3 is 15.4 Å². The van der Waals surface area contributed by atoms with Gasteiger partial charge in [-0.1, -0.05) is 30.5 Å². The Morgan fingerprint density at radius 2 is 1.83 bits per heavy atom. The zero-order valence-corrected chi connectivity index (χ0v) is 17.5. The summed E-state index contributed by atoms with van der Waals surface area (Å²) in [4.78, 5) is 8.25. The highest BCUT2D eigenvalue weighted by molar-refractivity contribution is 14.0. The van der Waals surface area contributed by atoms with E-state index in [-0.39, 0.29) is 28.7 Å². The zero-order chi connectivity index (χ0) is 16.1. The number of aryl methyl sites for hydroxylation is 1. The fourth-order valence-electron chi connectivity index (χ4n) is 3.29. The van der Waals surface area contributed by atoms with Gasteiger partial charge in [-0.25, -0.2) is 0 Å². The third-order valence-electron chi connectivity index (χ3n) is 4.73. The van der Waals surface area contributed by atoms with Crippen molar-refractivity contribution in [2.75, 3.05) is 32.8 Å². The van der Waals surface area contributed by atoms with Gasteiger partial charge in [-0.3, -0.25) is 4.99 Å². The summed E-state index contributed by atoms with van der Waals surface area (Å²) in [6.07, 6.45) is 5.05. The number of aliphatic imine (C=N–C) groups is 1. The molecule has 24 heavy (non-hydrogen) atoms. The van der Waals surface area contributed by atoms with Crippen molar-refractivity contribution >= 4 is 41.7 Å². The smallest absolute Gasteiger partial charge is 0.191 e. The first-order chi connectivity index (χ1) is 11.2. The van der Waals surface area contributed by atoms with Gasteiger partial charge in [-0.05, 0) is 31.9 Å². The molecule has 0 bridgehead atoms. The van der Waals surface area contributed by atoms with Gasteiger partial charge >= 0.3 is 0 Å². The molecule has 134 valence electrons. The average Bonchev–Trinajstić information content (AvgIpc) is 3.04. The van der Waals surface area contributed by atoms with Crippen LogP contribution < -0.4 is 5.73 Å². The summed E-state index contributed by atoms with van der Waals surface area (Å²) >= 11 is 1.99. The van der Waals surface area contributed by atoms with E-state index in [2.05, 4.69) is 36.1 Å². The van der Waals surface area contributed by atoms with Crippen LogP contribution >= 0.6 is 35.7 Å². The average molecular weight is 461 g/mol. The normalized spacial score (nSPS) is 20.7. The van der Waals surface area contributed by atoms with Gasteiger partial charge in [0.25, 0.3) is 0 Å². The number of nitrogens with zero attached hydrogens (tertiary/aromatic N) is 2. The monoisotopic (exact) mass is 461 g/mol. The van der Waals surface area contributed by atoms with Crippen LogP contribution in [0, 0.1) is 6.92 Å². The highest BCUT2D eigenvalue weighted by Gasteiger charge is 2.35. The second kappa shape index (κ2) is 9.29. The molecule has 1 aromatic rings. The lowest BCUT2D eigenvalue weighted by atomic mass is 10.1. The van der Waals surface area contributed by atoms with Gasteiger partial charge in [0.05, 0.1) is 19.8 Å². The summed E-state index contributed by atoms with van der Waals surface area (Å²) in [5, 5.41) is 0. The van der Waals surface area contributed by atoms with Gasteiger partial charge in [0, 0.05) is 22.7 Å². The largest absolute Gasteiger partial charge is 0.378 e. The predicted octanol–water partition coefficient (Wildman–Crippen LogP) is 3.66. The second-order valence-corrected chi connectivity index (χ2v) is 8.12. The lowest BCUT2D eigenvalue weighted by Gasteiger charge is -2.30. The lowest BCUT2D eigenvalue weighted by molar-refractivity contribution is 0.0674. The van der Waals surface area contributed by atoms with E-state index in [1.165, 1.54) is 36.1 Å². The molecule has 1 aliphatic carbocycles. The van der Waals surface area contributed by atoms with E-state index in [0.717, 1.165) is 32.8 Å². The summed E-state index contributed by atoms with van der Waals surface area (Å²) < 4.78 is 5.59. The van der Waals surface area contributed by atoms with Crippen LogP contribution in [0.3, 0.4) is 0 Å². The Hall–Kier alpha value is -0.470. The van der Waals surface area contributed by atoms with Crippen molar-refractivity contribution in [1.29, 1.82) is 0 Å². The molecule has 0 aromatic heterocycles. The molecule has 3 rings (SSSR count). The van der Waals surface area contributed by atoms with Crippen LogP contribution in [0.5, 0.6) is 0 Å². The minimum absolute atomic E-state index is 0. The molecule has 2 fully saturated rings. The minimum Gasteiger partial charge on any atom is -0.378 e. The van der Waals surface area contributed by atoms with E-state index in [9.17, 15) is 0 Å². The first kappa shape index (κ1) is 19.8. The minimum atomic E-state index is 0. The summed E-state index contributed by atoms with van der Waals surface area (Å²) in [6, 6.07) is 8.84. The molecule has 1 aliphatic heterocycles. The van der Waals surface area contributed by atoms with E-state index in [1.807, 2.05) is 11.8 Å². The van der Waals surface area contributed by atoms with Crippen molar-refractivity contribution < 1.29 is 4.74 Å². The summed E-state index contributed by atoms with van der Waals surface area (Å²) in [6.45, 7) is 6.15. The first-order valence-electron chi connectivity index (χ1n) is 8.55. The SMILES string of the molecule is Cc1ccc(SC2(CN=C(N)N3CCOCC3)CCCC2)cc1.I. The molecule has 0 unspecified atom stereocenters. The van der Waals surface area contributed by atoms with Crippen LogP contribution in [0.1, 0.15) is 31.2 Å². The Labute approximate surface area is 166 Å². The number of thioether (sulfide) groups is 1. The second-order valence-electron chi connectivity index (χ2n) is 6.58. The molecule has 6 heteroatoms. The van der Waals surface area contributed by atoms with E-state index in [1.54, 1.807) is 0 Å². The van der Waals surface area contributed by atoms with Crippen molar-refractivity contribution in [2.45, 2.75) is 42.2 Å². The molecule has 4 nitrogen and oxygen atoms in total. The molecule has 1 saturated heterocycles. The Balaban J connectivity index is 0.00000208. The number of benzene rings is 1. The van der Waals surface area contributed by atoms with Crippen molar-refractivity contribution in [3.63, 3.8) is 0 Å². The highest BCUT2D eigenvalue weighted by atomic mass is 127. The van der Waals surface area contributed by atoms with Crippen molar-refractivity contribution in [3.05, 3.63) is 29.8 Å². The molecule has 0 radical (unpaired) electrons. The van der Waals surface area contributed by atoms with Crippen molar-refractivity contribution in [2.24, 2.45) is 10.7 Å². The van der Waals surface area contributed by atoms with Gasteiger partial charge in [0.1, 0.15) is 0 Å². The third kappa shape index (κ3) is 5.26. The van der Waals surface area contributed by atoms with Gasteiger partial charge in [0.2, 0.25) is 0 Å². The van der Waals surface area contributed by atoms with Gasteiger partial charge in [-0.15, -0.1) is 35.7 Å². The number of halogens is 1. The number of rotatable bonds is 4. The fraction of sp³-hybridized carbons (Fsp3) is 0.611. The van der Waals surface area contributed by atoms with Crippen LogP contribution in [0.15, 0.2) is 34.2 Å². The number of guanidine groups is 1. The predicted molar refractivity (Wildman–Crippen MR) is 113 cm³/mol. The van der Waals surface area contributed by atoms with Crippen LogP contribution in [0.2, 0.25) is 0 Å². The molecule has 1 saturated carbocycles. The standard InChI is InChI=1S/C18H27N3OS.HI/c1-15-4-6-16(7-5-15)23-18(8-2-3-9-18)14-20-17(19)21-10-12-22-13-11-21;/h4-7H,2-3,8-14H2,1H3,(H2,19,20);1H. The number of hydrogen-bond donors (Lipinski definition) is 1. The van der Waals surface area contributed by atoms with E-state index < -0.39 is 0 Å². The first-order valence-corrected chi connectivity index (χ1v) is 9.37. The van der Waals surface area contributed by atoms with E-state index in [0.29, 0.717) is 5.96 Å². The molecular weight excluding hydrogens is 433 g/mol. The Morgan fingerprint density at radius 3 is 2.46 bits per heavy atom. The van der Waals surface area contributed by atoms with Crippen molar-refractivity contribution in [3.8, 4) is 0 Å². The number of ether oxygens (including phenoxy) is 1. The molecular formula is C18H28IN3OS. The topological polar surface area (TPSA) is 50.8 Å². The zero-order valence-electron chi connectivity index (χ0n) is 14.4. The maximum atomic E-state index is 6.21. The van der Waals surface area contributed by atoms with E-state index in [4.69, 9.17) is 15.5 Å². The summed E-state index contributed by atoms with van der Waals surface area (Å²) in [5.74, 6) is 0.684.